The highest BCUT2D eigenvalue weighted by Gasteiger charge is 2.10. The summed E-state index contributed by atoms with van der Waals surface area (Å²) in [4.78, 5) is 22.0. The molecule has 0 fully saturated rings. The molecule has 0 heterocycles. The highest BCUT2D eigenvalue weighted by Crippen LogP contribution is 2.18. The Bertz CT molecular complexity index is 729. The molecule has 0 saturated heterocycles. The molecule has 2 rings (SSSR count). The number of benzene rings is 2. The number of amides is 1. The average Bonchev–Trinajstić information content (AvgIpc) is 2.55. The molecule has 0 unspecified atom stereocenters. The van der Waals surface area contributed by atoms with E-state index in [2.05, 4.69) is 10.5 Å². The van der Waals surface area contributed by atoms with Crippen LogP contribution >= 0.6 is 0 Å². The molecule has 0 aromatic heterocycles. The van der Waals surface area contributed by atoms with Gasteiger partial charge in [-0.05, 0) is 19.1 Å². The normalized spacial score (nSPS) is 10.5. The summed E-state index contributed by atoms with van der Waals surface area (Å²) < 4.78 is 5.26. The van der Waals surface area contributed by atoms with Gasteiger partial charge in [0, 0.05) is 17.2 Å². The van der Waals surface area contributed by atoms with Crippen LogP contribution in [0, 0.1) is 17.0 Å². The number of hydrogen-bond acceptors (Lipinski definition) is 5. The number of carbonyl (C=O) groups is 1. The summed E-state index contributed by atoms with van der Waals surface area (Å²) in [6, 6.07) is 13.6. The van der Waals surface area contributed by atoms with Crippen LogP contribution in [-0.4, -0.2) is 23.7 Å². The van der Waals surface area contributed by atoms with E-state index in [-0.39, 0.29) is 12.3 Å². The van der Waals surface area contributed by atoms with Gasteiger partial charge in [0.1, 0.15) is 5.75 Å². The first-order chi connectivity index (χ1) is 11.1. The van der Waals surface area contributed by atoms with Gasteiger partial charge in [0.05, 0.1) is 11.1 Å². The van der Waals surface area contributed by atoms with Crippen molar-refractivity contribution in [2.45, 2.75) is 6.92 Å². The Hall–Kier alpha value is -3.22. The molecule has 0 aliphatic rings. The topological polar surface area (TPSA) is 93.8 Å². The number of ether oxygens (including phenoxy) is 1. The molecule has 23 heavy (non-hydrogen) atoms. The molecular weight excluding hydrogens is 298 g/mol. The summed E-state index contributed by atoms with van der Waals surface area (Å²) in [5.41, 5.74) is 3.39. The van der Waals surface area contributed by atoms with Crippen molar-refractivity contribution in [3.8, 4) is 5.75 Å². The number of para-hydroxylation sites is 1. The minimum absolute atomic E-state index is 0.00712. The number of hydrazone groups is 1. The van der Waals surface area contributed by atoms with Crippen LogP contribution in [0.5, 0.6) is 5.75 Å². The van der Waals surface area contributed by atoms with Crippen LogP contribution in [0.15, 0.2) is 53.6 Å². The summed E-state index contributed by atoms with van der Waals surface area (Å²) in [6.07, 6.45) is 1.34. The Balaban J connectivity index is 1.87. The molecule has 0 spiro atoms. The molecule has 7 nitrogen and oxygen atoms in total. The number of nitrogens with zero attached hydrogens (tertiary/aromatic N) is 2. The zero-order chi connectivity index (χ0) is 16.7. The van der Waals surface area contributed by atoms with E-state index in [1.165, 1.54) is 12.3 Å². The molecule has 118 valence electrons. The van der Waals surface area contributed by atoms with E-state index >= 15 is 0 Å². The second kappa shape index (κ2) is 7.69. The predicted molar refractivity (Wildman–Crippen MR) is 85.5 cm³/mol. The van der Waals surface area contributed by atoms with Gasteiger partial charge in [0.15, 0.2) is 6.61 Å². The van der Waals surface area contributed by atoms with Crippen molar-refractivity contribution in [2.75, 3.05) is 6.61 Å². The Morgan fingerprint density at radius 2 is 2.04 bits per heavy atom. The van der Waals surface area contributed by atoms with Crippen LogP contribution in [-0.2, 0) is 4.79 Å². The predicted octanol–water partition coefficient (Wildman–Crippen LogP) is 2.43. The van der Waals surface area contributed by atoms with Crippen molar-refractivity contribution in [3.63, 3.8) is 0 Å². The number of nitro groups is 1. The Labute approximate surface area is 132 Å². The lowest BCUT2D eigenvalue weighted by Gasteiger charge is -2.04. The second-order valence-corrected chi connectivity index (χ2v) is 4.70. The van der Waals surface area contributed by atoms with E-state index in [0.717, 1.165) is 0 Å². The van der Waals surface area contributed by atoms with Crippen molar-refractivity contribution in [2.24, 2.45) is 5.10 Å². The Morgan fingerprint density at radius 3 is 2.74 bits per heavy atom. The minimum Gasteiger partial charge on any atom is -0.484 e. The molecule has 2 aromatic rings. The van der Waals surface area contributed by atoms with Gasteiger partial charge in [-0.15, -0.1) is 0 Å². The van der Waals surface area contributed by atoms with Crippen LogP contribution in [0.2, 0.25) is 0 Å². The third kappa shape index (κ3) is 4.92. The van der Waals surface area contributed by atoms with E-state index in [1.54, 1.807) is 43.3 Å². The number of aryl methyl sites for hydroxylation is 1. The molecular formula is C16H15N3O4. The first-order valence-corrected chi connectivity index (χ1v) is 6.81. The quantitative estimate of drug-likeness (QED) is 0.503. The van der Waals surface area contributed by atoms with Crippen molar-refractivity contribution in [3.05, 3.63) is 69.8 Å². The number of hydrogen-bond donors (Lipinski definition) is 1. The van der Waals surface area contributed by atoms with Crippen molar-refractivity contribution in [1.29, 1.82) is 0 Å². The molecule has 0 atom stereocenters. The maximum atomic E-state index is 11.6. The van der Waals surface area contributed by atoms with Crippen molar-refractivity contribution >= 4 is 17.8 Å². The highest BCUT2D eigenvalue weighted by atomic mass is 16.6. The fraction of sp³-hybridized carbons (Fsp3) is 0.125. The van der Waals surface area contributed by atoms with E-state index in [4.69, 9.17) is 4.74 Å². The van der Waals surface area contributed by atoms with Crippen LogP contribution in [0.3, 0.4) is 0 Å². The summed E-state index contributed by atoms with van der Waals surface area (Å²) in [6.45, 7) is 1.48. The number of nitro benzene ring substituents is 1. The third-order valence-corrected chi connectivity index (χ3v) is 2.95. The molecule has 2 aromatic carbocycles. The SMILES string of the molecule is Cc1ccc(C=NNC(=O)COc2ccccc2)cc1[N+](=O)[O-]. The monoisotopic (exact) mass is 313 g/mol. The van der Waals surface area contributed by atoms with Crippen LogP contribution < -0.4 is 10.2 Å². The molecule has 0 aliphatic carbocycles. The average molecular weight is 313 g/mol. The lowest BCUT2D eigenvalue weighted by atomic mass is 10.1. The van der Waals surface area contributed by atoms with E-state index < -0.39 is 10.8 Å². The molecule has 0 saturated carbocycles. The summed E-state index contributed by atoms with van der Waals surface area (Å²) in [5, 5.41) is 14.6. The Kier molecular flexibility index (Phi) is 5.40. The van der Waals surface area contributed by atoms with Gasteiger partial charge in [-0.1, -0.05) is 30.3 Å². The van der Waals surface area contributed by atoms with Gasteiger partial charge >= 0.3 is 0 Å². The van der Waals surface area contributed by atoms with E-state index in [0.29, 0.717) is 16.9 Å². The number of carbonyl (C=O) groups excluding carboxylic acids is 1. The summed E-state index contributed by atoms with van der Waals surface area (Å²) in [7, 11) is 0. The summed E-state index contributed by atoms with van der Waals surface area (Å²) in [5.74, 6) is 0.160. The van der Waals surface area contributed by atoms with Gasteiger partial charge in [-0.2, -0.15) is 5.10 Å². The van der Waals surface area contributed by atoms with Gasteiger partial charge in [-0.25, -0.2) is 5.43 Å². The molecule has 1 amide bonds. The van der Waals surface area contributed by atoms with E-state index in [1.807, 2.05) is 6.07 Å². The first kappa shape index (κ1) is 16.2. The maximum absolute atomic E-state index is 11.6. The number of nitrogens with one attached hydrogen (secondary N) is 1. The van der Waals surface area contributed by atoms with Crippen LogP contribution in [0.25, 0.3) is 0 Å². The van der Waals surface area contributed by atoms with Crippen molar-refractivity contribution in [1.82, 2.24) is 5.43 Å². The fourth-order valence-electron chi connectivity index (χ4n) is 1.78. The first-order valence-electron chi connectivity index (χ1n) is 6.81. The number of rotatable bonds is 6. The standard InChI is InChI=1S/C16H15N3O4/c1-12-7-8-13(9-15(12)19(21)22)10-17-18-16(20)11-23-14-5-3-2-4-6-14/h2-10H,11H2,1H3,(H,18,20). The highest BCUT2D eigenvalue weighted by molar-refractivity contribution is 5.83. The molecule has 7 heteroatoms. The largest absolute Gasteiger partial charge is 0.484 e. The second-order valence-electron chi connectivity index (χ2n) is 4.70. The smallest absolute Gasteiger partial charge is 0.277 e. The van der Waals surface area contributed by atoms with Gasteiger partial charge in [-0.3, -0.25) is 14.9 Å². The summed E-state index contributed by atoms with van der Waals surface area (Å²) >= 11 is 0. The molecule has 0 bridgehead atoms. The molecule has 0 radical (unpaired) electrons. The van der Waals surface area contributed by atoms with Crippen molar-refractivity contribution < 1.29 is 14.5 Å². The fourth-order valence-corrected chi connectivity index (χ4v) is 1.78. The molecule has 1 N–H and O–H groups in total. The zero-order valence-corrected chi connectivity index (χ0v) is 12.4. The van der Waals surface area contributed by atoms with Crippen LogP contribution in [0.4, 0.5) is 5.69 Å². The zero-order valence-electron chi connectivity index (χ0n) is 12.4. The maximum Gasteiger partial charge on any atom is 0.277 e. The van der Waals surface area contributed by atoms with Gasteiger partial charge in [0.2, 0.25) is 0 Å². The van der Waals surface area contributed by atoms with Gasteiger partial charge in [0.25, 0.3) is 11.6 Å². The Morgan fingerprint density at radius 1 is 1.30 bits per heavy atom. The lowest BCUT2D eigenvalue weighted by Crippen LogP contribution is -2.24. The van der Waals surface area contributed by atoms with Gasteiger partial charge < -0.3 is 4.74 Å². The minimum atomic E-state index is -0.459. The van der Waals surface area contributed by atoms with E-state index in [9.17, 15) is 14.9 Å². The molecule has 0 aliphatic heterocycles. The van der Waals surface area contributed by atoms with Crippen LogP contribution in [0.1, 0.15) is 11.1 Å². The lowest BCUT2D eigenvalue weighted by molar-refractivity contribution is -0.385. The third-order valence-electron chi connectivity index (χ3n) is 2.95.